The molecule has 0 bridgehead atoms. The van der Waals surface area contributed by atoms with Crippen molar-refractivity contribution in [3.63, 3.8) is 0 Å². The Morgan fingerprint density at radius 3 is 2.39 bits per heavy atom. The molecule has 38 heavy (non-hydrogen) atoms. The van der Waals surface area contributed by atoms with Crippen LogP contribution >= 0.6 is 0 Å². The highest BCUT2D eigenvalue weighted by atomic mass is 16.5. The summed E-state index contributed by atoms with van der Waals surface area (Å²) in [6.45, 7) is 3.03. The van der Waals surface area contributed by atoms with Crippen LogP contribution in [0.3, 0.4) is 0 Å². The summed E-state index contributed by atoms with van der Waals surface area (Å²) in [4.78, 5) is 32.6. The van der Waals surface area contributed by atoms with E-state index in [1.165, 1.54) is 0 Å². The smallest absolute Gasteiger partial charge is 0.310 e. The van der Waals surface area contributed by atoms with Gasteiger partial charge in [-0.3, -0.25) is 14.6 Å². The number of fused-ring (bicyclic) bond motifs is 1. The molecule has 4 aromatic rings. The van der Waals surface area contributed by atoms with Crippen LogP contribution in [0.25, 0.3) is 22.0 Å². The number of benzene rings is 3. The molecule has 0 unspecified atom stereocenters. The van der Waals surface area contributed by atoms with Crippen molar-refractivity contribution in [1.82, 2.24) is 9.88 Å². The zero-order chi connectivity index (χ0) is 26.5. The van der Waals surface area contributed by atoms with Crippen molar-refractivity contribution in [2.24, 2.45) is 5.92 Å². The summed E-state index contributed by atoms with van der Waals surface area (Å²) in [5.41, 5.74) is 5.28. The minimum absolute atomic E-state index is 0.0880. The van der Waals surface area contributed by atoms with E-state index in [0.717, 1.165) is 51.7 Å². The molecule has 0 spiro atoms. The highest BCUT2D eigenvalue weighted by molar-refractivity contribution is 5.87. The Morgan fingerprint density at radius 1 is 0.895 bits per heavy atom. The van der Waals surface area contributed by atoms with Gasteiger partial charge in [0.15, 0.2) is 0 Å². The number of carbonyl (C=O) groups excluding carboxylic acids is 2. The summed E-state index contributed by atoms with van der Waals surface area (Å²) >= 11 is 0. The van der Waals surface area contributed by atoms with Crippen molar-refractivity contribution in [3.8, 4) is 16.9 Å². The molecule has 6 nitrogen and oxygen atoms in total. The Labute approximate surface area is 223 Å². The summed E-state index contributed by atoms with van der Waals surface area (Å²) in [5, 5.41) is 0.993. The molecule has 0 aliphatic heterocycles. The second kappa shape index (κ2) is 11.5. The van der Waals surface area contributed by atoms with Crippen LogP contribution in [0.4, 0.5) is 0 Å². The number of ether oxygens (including phenoxy) is 2. The Balaban J connectivity index is 1.59. The van der Waals surface area contributed by atoms with Crippen LogP contribution in [0.1, 0.15) is 36.6 Å². The predicted octanol–water partition coefficient (Wildman–Crippen LogP) is 5.95. The lowest BCUT2D eigenvalue weighted by molar-refractivity contribution is -0.142. The molecule has 1 amide bonds. The number of esters is 1. The summed E-state index contributed by atoms with van der Waals surface area (Å²) in [6, 6.07) is 25.9. The summed E-state index contributed by atoms with van der Waals surface area (Å²) in [7, 11) is 1.64. The lowest BCUT2D eigenvalue weighted by Crippen LogP contribution is -2.32. The number of methoxy groups -OCH3 is 1. The molecule has 1 saturated carbocycles. The number of nitrogens with zero attached hydrogens (tertiary/aromatic N) is 2. The molecular formula is C32H32N2O4. The van der Waals surface area contributed by atoms with E-state index in [-0.39, 0.29) is 24.2 Å². The lowest BCUT2D eigenvalue weighted by Gasteiger charge is -2.25. The van der Waals surface area contributed by atoms with E-state index < -0.39 is 0 Å². The molecule has 1 aliphatic carbocycles. The molecule has 0 N–H and O–H groups in total. The van der Waals surface area contributed by atoms with Gasteiger partial charge in [0.1, 0.15) is 5.75 Å². The zero-order valence-corrected chi connectivity index (χ0v) is 21.9. The van der Waals surface area contributed by atoms with Crippen molar-refractivity contribution in [1.29, 1.82) is 0 Å². The molecule has 0 saturated heterocycles. The average Bonchev–Trinajstić information content (AvgIpc) is 3.78. The van der Waals surface area contributed by atoms with Gasteiger partial charge in [0, 0.05) is 29.0 Å². The van der Waals surface area contributed by atoms with Crippen molar-refractivity contribution < 1.29 is 19.1 Å². The molecule has 0 atom stereocenters. The van der Waals surface area contributed by atoms with Crippen LogP contribution < -0.4 is 4.74 Å². The lowest BCUT2D eigenvalue weighted by atomic mass is 9.97. The third-order valence-corrected chi connectivity index (χ3v) is 6.81. The van der Waals surface area contributed by atoms with Gasteiger partial charge in [-0.1, -0.05) is 54.6 Å². The van der Waals surface area contributed by atoms with Gasteiger partial charge in [0.2, 0.25) is 5.91 Å². The molecule has 1 aromatic heterocycles. The summed E-state index contributed by atoms with van der Waals surface area (Å²) < 4.78 is 10.9. The molecule has 0 radical (unpaired) electrons. The zero-order valence-electron chi connectivity index (χ0n) is 21.9. The quantitative estimate of drug-likeness (QED) is 0.248. The van der Waals surface area contributed by atoms with E-state index in [4.69, 9.17) is 14.5 Å². The first-order valence-corrected chi connectivity index (χ1v) is 13.1. The molecule has 5 rings (SSSR count). The van der Waals surface area contributed by atoms with E-state index in [1.54, 1.807) is 14.0 Å². The average molecular weight is 509 g/mol. The largest absolute Gasteiger partial charge is 0.496 e. The minimum Gasteiger partial charge on any atom is -0.496 e. The summed E-state index contributed by atoms with van der Waals surface area (Å²) in [5.74, 6) is 0.659. The van der Waals surface area contributed by atoms with Gasteiger partial charge >= 0.3 is 5.97 Å². The third-order valence-electron chi connectivity index (χ3n) is 6.81. The minimum atomic E-state index is -0.274. The second-order valence-electron chi connectivity index (χ2n) is 9.65. The van der Waals surface area contributed by atoms with Gasteiger partial charge in [0.05, 0.1) is 37.9 Å². The SMILES string of the molecule is CCOC(=O)Cc1ccc(OC)c(-c2cc3ccccc3nc2CN(Cc2ccccc2)C(=O)C2CC2)c1. The standard InChI is InChI=1S/C32H32N2O4/c1-3-38-31(35)18-23-13-16-30(37-2)27(17-23)26-19-25-11-7-8-12-28(25)33-29(26)21-34(32(36)24-14-15-24)20-22-9-5-4-6-10-22/h4-13,16-17,19,24H,3,14-15,18,20-21H2,1-2H3. The van der Waals surface area contributed by atoms with E-state index >= 15 is 0 Å². The van der Waals surface area contributed by atoms with Crippen molar-refractivity contribution in [2.75, 3.05) is 13.7 Å². The highest BCUT2D eigenvalue weighted by Gasteiger charge is 2.34. The maximum absolute atomic E-state index is 13.4. The van der Waals surface area contributed by atoms with Crippen molar-refractivity contribution in [3.05, 3.63) is 95.7 Å². The van der Waals surface area contributed by atoms with Crippen LogP contribution in [0.15, 0.2) is 78.9 Å². The summed E-state index contributed by atoms with van der Waals surface area (Å²) in [6.07, 6.45) is 2.04. The van der Waals surface area contributed by atoms with Crippen LogP contribution in [0.5, 0.6) is 5.75 Å². The monoisotopic (exact) mass is 508 g/mol. The van der Waals surface area contributed by atoms with Crippen molar-refractivity contribution >= 4 is 22.8 Å². The Morgan fingerprint density at radius 2 is 1.66 bits per heavy atom. The maximum Gasteiger partial charge on any atom is 0.310 e. The molecule has 1 fully saturated rings. The molecule has 194 valence electrons. The fourth-order valence-electron chi connectivity index (χ4n) is 4.75. The number of hydrogen-bond acceptors (Lipinski definition) is 5. The van der Waals surface area contributed by atoms with Gasteiger partial charge in [-0.25, -0.2) is 0 Å². The molecular weight excluding hydrogens is 476 g/mol. The number of aromatic nitrogens is 1. The van der Waals surface area contributed by atoms with Gasteiger partial charge in [0.25, 0.3) is 0 Å². The number of carbonyl (C=O) groups is 2. The topological polar surface area (TPSA) is 68.7 Å². The molecule has 3 aromatic carbocycles. The first-order chi connectivity index (χ1) is 18.6. The first-order valence-electron chi connectivity index (χ1n) is 13.1. The number of para-hydroxylation sites is 1. The number of amides is 1. The molecule has 1 heterocycles. The van der Waals surface area contributed by atoms with Gasteiger partial charge in [-0.05, 0) is 55.2 Å². The van der Waals surface area contributed by atoms with Gasteiger partial charge in [-0.2, -0.15) is 0 Å². The molecule has 1 aliphatic rings. The molecule has 6 heteroatoms. The Hall–Kier alpha value is -4.19. The van der Waals surface area contributed by atoms with Gasteiger partial charge in [-0.15, -0.1) is 0 Å². The Bertz CT molecular complexity index is 1450. The van der Waals surface area contributed by atoms with E-state index in [2.05, 4.69) is 6.07 Å². The fourth-order valence-corrected chi connectivity index (χ4v) is 4.75. The van der Waals surface area contributed by atoms with Crippen molar-refractivity contribution in [2.45, 2.75) is 39.3 Å². The normalized spacial score (nSPS) is 12.8. The van der Waals surface area contributed by atoms with Crippen LogP contribution in [0, 0.1) is 5.92 Å². The van der Waals surface area contributed by atoms with Crippen LogP contribution in [-0.2, 0) is 33.8 Å². The van der Waals surface area contributed by atoms with E-state index in [9.17, 15) is 9.59 Å². The number of pyridine rings is 1. The van der Waals surface area contributed by atoms with Gasteiger partial charge < -0.3 is 14.4 Å². The van der Waals surface area contributed by atoms with E-state index in [1.807, 2.05) is 77.7 Å². The van der Waals surface area contributed by atoms with Crippen LogP contribution in [-0.4, -0.2) is 35.5 Å². The van der Waals surface area contributed by atoms with E-state index in [0.29, 0.717) is 25.4 Å². The Kier molecular flexibility index (Phi) is 7.68. The van der Waals surface area contributed by atoms with Crippen LogP contribution in [0.2, 0.25) is 0 Å². The predicted molar refractivity (Wildman–Crippen MR) is 147 cm³/mol. The fraction of sp³-hybridized carbons (Fsp3) is 0.281. The third kappa shape index (κ3) is 5.86. The number of hydrogen-bond donors (Lipinski definition) is 0. The maximum atomic E-state index is 13.4. The second-order valence-corrected chi connectivity index (χ2v) is 9.65. The first kappa shape index (κ1) is 25.5. The highest BCUT2D eigenvalue weighted by Crippen LogP contribution is 2.37. The number of rotatable bonds is 10.